The lowest BCUT2D eigenvalue weighted by Gasteiger charge is -2.15. The van der Waals surface area contributed by atoms with Crippen molar-refractivity contribution in [3.8, 4) is 11.6 Å². The van der Waals surface area contributed by atoms with Gasteiger partial charge in [-0.2, -0.15) is 10.1 Å². The van der Waals surface area contributed by atoms with Crippen molar-refractivity contribution < 1.29 is 13.2 Å². The molecule has 0 aliphatic rings. The molecule has 31 heavy (non-hydrogen) atoms. The third-order valence-corrected chi connectivity index (χ3v) is 6.33. The summed E-state index contributed by atoms with van der Waals surface area (Å²) in [5.41, 5.74) is 0.296. The number of aromatic nitrogens is 4. The van der Waals surface area contributed by atoms with Crippen molar-refractivity contribution in [1.29, 1.82) is 0 Å². The quantitative estimate of drug-likeness (QED) is 0.438. The van der Waals surface area contributed by atoms with Gasteiger partial charge in [0.15, 0.2) is 11.0 Å². The number of ether oxygens (including phenoxy) is 1. The van der Waals surface area contributed by atoms with E-state index >= 15 is 0 Å². The minimum absolute atomic E-state index is 0.0184. The number of rotatable bonds is 5. The van der Waals surface area contributed by atoms with E-state index in [-0.39, 0.29) is 38.0 Å². The number of pyridine rings is 2. The summed E-state index contributed by atoms with van der Waals surface area (Å²) in [6, 6.07) is 11.6. The van der Waals surface area contributed by atoms with E-state index in [0.717, 1.165) is 0 Å². The van der Waals surface area contributed by atoms with Crippen molar-refractivity contribution in [3.63, 3.8) is 0 Å². The second-order valence-corrected chi connectivity index (χ2v) is 8.68. The van der Waals surface area contributed by atoms with Crippen molar-refractivity contribution in [2.45, 2.75) is 4.90 Å². The molecule has 1 N–H and O–H groups in total. The lowest BCUT2D eigenvalue weighted by Crippen LogP contribution is -2.19. The zero-order valence-electron chi connectivity index (χ0n) is 15.8. The van der Waals surface area contributed by atoms with E-state index in [1.807, 2.05) is 0 Å². The van der Waals surface area contributed by atoms with Crippen LogP contribution in [-0.4, -0.2) is 35.3 Å². The van der Waals surface area contributed by atoms with Crippen LogP contribution in [0.2, 0.25) is 10.2 Å². The Labute approximate surface area is 186 Å². The summed E-state index contributed by atoms with van der Waals surface area (Å²) in [7, 11) is -2.55. The molecule has 0 radical (unpaired) electrons. The monoisotopic (exact) mass is 477 g/mol. The fourth-order valence-corrected chi connectivity index (χ4v) is 4.25. The van der Waals surface area contributed by atoms with E-state index < -0.39 is 10.0 Å². The molecule has 3 heterocycles. The van der Waals surface area contributed by atoms with E-state index in [2.05, 4.69) is 19.9 Å². The molecular formula is C19H13Cl2N5O4S. The number of benzene rings is 1. The summed E-state index contributed by atoms with van der Waals surface area (Å²) in [4.78, 5) is 16.7. The van der Waals surface area contributed by atoms with Gasteiger partial charge in [0.1, 0.15) is 5.69 Å². The summed E-state index contributed by atoms with van der Waals surface area (Å²) < 4.78 is 34.4. The van der Waals surface area contributed by atoms with Gasteiger partial charge in [0.05, 0.1) is 22.5 Å². The lowest BCUT2D eigenvalue weighted by atomic mass is 10.2. The van der Waals surface area contributed by atoms with Gasteiger partial charge in [-0.1, -0.05) is 23.2 Å². The van der Waals surface area contributed by atoms with Crippen molar-refractivity contribution in [3.05, 3.63) is 75.3 Å². The molecule has 0 saturated carbocycles. The highest BCUT2D eigenvalue weighted by Crippen LogP contribution is 2.31. The standard InChI is InChI=1S/C19H13Cl2N5O4S/c1-30-19-15(10-13(20)18(21)23-19)26-14-6-5-12(9-11(14)4-7-17(26)27)31(28,29)25-16-3-2-8-22-24-16/h2-10H,1H3,(H,24,25). The number of anilines is 1. The Morgan fingerprint density at radius 3 is 2.61 bits per heavy atom. The molecule has 4 rings (SSSR count). The van der Waals surface area contributed by atoms with Crippen LogP contribution in [0.5, 0.6) is 5.88 Å². The SMILES string of the molecule is COc1nc(Cl)c(Cl)cc1-n1c(=O)ccc2cc(S(=O)(=O)Nc3cccnn3)ccc21. The first-order chi connectivity index (χ1) is 14.8. The number of fused-ring (bicyclic) bond motifs is 1. The van der Waals surface area contributed by atoms with Crippen LogP contribution in [0.15, 0.2) is 64.4 Å². The molecule has 0 fully saturated rings. The molecular weight excluding hydrogens is 465 g/mol. The van der Waals surface area contributed by atoms with E-state index in [1.54, 1.807) is 6.07 Å². The minimum Gasteiger partial charge on any atom is -0.479 e. The van der Waals surface area contributed by atoms with Crippen LogP contribution in [0.3, 0.4) is 0 Å². The molecule has 0 atom stereocenters. The highest BCUT2D eigenvalue weighted by atomic mass is 35.5. The van der Waals surface area contributed by atoms with Gasteiger partial charge >= 0.3 is 0 Å². The van der Waals surface area contributed by atoms with Crippen LogP contribution in [0.25, 0.3) is 16.6 Å². The normalized spacial score (nSPS) is 11.5. The Balaban J connectivity index is 1.87. The minimum atomic E-state index is -3.93. The number of nitrogens with zero attached hydrogens (tertiary/aromatic N) is 4. The number of hydrogen-bond acceptors (Lipinski definition) is 7. The fourth-order valence-electron chi connectivity index (χ4n) is 2.94. The molecule has 158 valence electrons. The largest absolute Gasteiger partial charge is 0.479 e. The third-order valence-electron chi connectivity index (χ3n) is 4.30. The van der Waals surface area contributed by atoms with Gasteiger partial charge in [0.2, 0.25) is 5.88 Å². The molecule has 1 aromatic carbocycles. The number of sulfonamides is 1. The van der Waals surface area contributed by atoms with Crippen LogP contribution >= 0.6 is 23.2 Å². The maximum absolute atomic E-state index is 12.7. The topological polar surface area (TPSA) is 116 Å². The van der Waals surface area contributed by atoms with Crippen molar-refractivity contribution in [2.75, 3.05) is 11.8 Å². The van der Waals surface area contributed by atoms with E-state index in [0.29, 0.717) is 10.9 Å². The number of halogens is 2. The van der Waals surface area contributed by atoms with Crippen molar-refractivity contribution in [2.24, 2.45) is 0 Å². The smallest absolute Gasteiger partial charge is 0.263 e. The Kier molecular flexibility index (Phi) is 5.52. The Hall–Kier alpha value is -3.21. The van der Waals surface area contributed by atoms with E-state index in [1.165, 1.54) is 60.3 Å². The Bertz CT molecular complexity index is 1460. The van der Waals surface area contributed by atoms with Gasteiger partial charge < -0.3 is 4.74 Å². The van der Waals surface area contributed by atoms with Crippen LogP contribution in [0.1, 0.15) is 0 Å². The summed E-state index contributed by atoms with van der Waals surface area (Å²) in [6.45, 7) is 0. The number of nitrogens with one attached hydrogen (secondary N) is 1. The Morgan fingerprint density at radius 1 is 1.10 bits per heavy atom. The van der Waals surface area contributed by atoms with Gasteiger partial charge in [-0.25, -0.2) is 8.42 Å². The lowest BCUT2D eigenvalue weighted by molar-refractivity contribution is 0.396. The predicted molar refractivity (Wildman–Crippen MR) is 117 cm³/mol. The van der Waals surface area contributed by atoms with Crippen molar-refractivity contribution in [1.82, 2.24) is 19.7 Å². The third kappa shape index (κ3) is 4.05. The molecule has 12 heteroatoms. The Morgan fingerprint density at radius 2 is 1.90 bits per heavy atom. The zero-order chi connectivity index (χ0) is 22.2. The first kappa shape index (κ1) is 21.0. The first-order valence-corrected chi connectivity index (χ1v) is 10.9. The molecule has 0 unspecified atom stereocenters. The van der Waals surface area contributed by atoms with Crippen LogP contribution in [-0.2, 0) is 10.0 Å². The zero-order valence-corrected chi connectivity index (χ0v) is 18.1. The van der Waals surface area contributed by atoms with Crippen LogP contribution in [0, 0.1) is 0 Å². The highest BCUT2D eigenvalue weighted by molar-refractivity contribution is 7.92. The summed E-state index contributed by atoms with van der Waals surface area (Å²) in [5, 5.41) is 8.01. The molecule has 0 spiro atoms. The van der Waals surface area contributed by atoms with E-state index in [9.17, 15) is 13.2 Å². The summed E-state index contributed by atoms with van der Waals surface area (Å²) >= 11 is 12.0. The maximum atomic E-state index is 12.7. The molecule has 4 aromatic rings. The summed E-state index contributed by atoms with van der Waals surface area (Å²) in [5.74, 6) is 0.171. The maximum Gasteiger partial charge on any atom is 0.263 e. The fraction of sp³-hybridized carbons (Fsp3) is 0.0526. The van der Waals surface area contributed by atoms with Gasteiger partial charge in [-0.05, 0) is 42.5 Å². The van der Waals surface area contributed by atoms with E-state index in [4.69, 9.17) is 27.9 Å². The average Bonchev–Trinajstić information content (AvgIpc) is 2.75. The van der Waals surface area contributed by atoms with Gasteiger partial charge in [-0.3, -0.25) is 14.1 Å². The highest BCUT2D eigenvalue weighted by Gasteiger charge is 2.19. The van der Waals surface area contributed by atoms with Crippen LogP contribution < -0.4 is 15.0 Å². The molecule has 0 bridgehead atoms. The molecule has 9 nitrogen and oxygen atoms in total. The molecule has 0 aliphatic carbocycles. The molecule has 3 aromatic heterocycles. The van der Waals surface area contributed by atoms with Crippen molar-refractivity contribution >= 4 is 49.9 Å². The predicted octanol–water partition coefficient (Wildman–Crippen LogP) is 3.29. The average molecular weight is 478 g/mol. The second-order valence-electron chi connectivity index (χ2n) is 6.23. The summed E-state index contributed by atoms with van der Waals surface area (Å²) in [6.07, 6.45) is 1.43. The van der Waals surface area contributed by atoms with Gasteiger partial charge in [-0.15, -0.1) is 5.10 Å². The molecule has 0 amide bonds. The van der Waals surface area contributed by atoms with Gasteiger partial charge in [0, 0.05) is 17.6 Å². The number of methoxy groups -OCH3 is 1. The number of hydrogen-bond donors (Lipinski definition) is 1. The molecule has 0 aliphatic heterocycles. The first-order valence-electron chi connectivity index (χ1n) is 8.67. The second kappa shape index (κ2) is 8.14. The molecule has 0 saturated heterocycles. The van der Waals surface area contributed by atoms with Crippen LogP contribution in [0.4, 0.5) is 5.82 Å². The van der Waals surface area contributed by atoms with Gasteiger partial charge in [0.25, 0.3) is 15.6 Å².